The van der Waals surface area contributed by atoms with Crippen LogP contribution in [-0.2, 0) is 6.54 Å². The Morgan fingerprint density at radius 1 is 1.05 bits per heavy atom. The quantitative estimate of drug-likeness (QED) is 0.230. The third-order valence-corrected chi connectivity index (χ3v) is 6.66. The molecule has 0 spiro atoms. The number of imidazole rings is 1. The largest absolute Gasteiger partial charge is 0.378 e. The van der Waals surface area contributed by atoms with E-state index in [-0.39, 0.29) is 17.3 Å². The third-order valence-electron chi connectivity index (χ3n) is 6.66. The van der Waals surface area contributed by atoms with Crippen LogP contribution in [0.5, 0.6) is 0 Å². The summed E-state index contributed by atoms with van der Waals surface area (Å²) >= 11 is 0. The summed E-state index contributed by atoms with van der Waals surface area (Å²) in [4.78, 5) is 21.6. The number of nitrogens with one attached hydrogen (secondary N) is 2. The van der Waals surface area contributed by atoms with Crippen molar-refractivity contribution in [2.45, 2.75) is 25.4 Å². The summed E-state index contributed by atoms with van der Waals surface area (Å²) in [5.41, 5.74) is 8.46. The number of hydrogen-bond acceptors (Lipinski definition) is 8. The number of rotatable bonds is 9. The van der Waals surface area contributed by atoms with Gasteiger partial charge < -0.3 is 25.8 Å². The molecule has 10 nitrogen and oxygen atoms in total. The predicted molar refractivity (Wildman–Crippen MR) is 142 cm³/mol. The molecule has 2 aromatic carbocycles. The van der Waals surface area contributed by atoms with E-state index in [4.69, 9.17) is 10.7 Å². The van der Waals surface area contributed by atoms with Gasteiger partial charge in [0.2, 0.25) is 11.8 Å². The molecule has 4 aromatic rings. The zero-order chi connectivity index (χ0) is 25.8. The van der Waals surface area contributed by atoms with Crippen molar-refractivity contribution in [2.75, 3.05) is 42.5 Å². The normalized spacial score (nSPS) is 14.6. The van der Waals surface area contributed by atoms with Gasteiger partial charge in [0.15, 0.2) is 0 Å². The molecule has 0 atom stereocenters. The third kappa shape index (κ3) is 5.78. The molecule has 0 amide bonds. The zero-order valence-electron chi connectivity index (χ0n) is 20.3. The molecular formula is C26H29FN8O2. The van der Waals surface area contributed by atoms with Gasteiger partial charge in [0.25, 0.3) is 0 Å². The summed E-state index contributed by atoms with van der Waals surface area (Å²) < 4.78 is 15.5. The van der Waals surface area contributed by atoms with Crippen LogP contribution >= 0.6 is 0 Å². The molecule has 0 bridgehead atoms. The predicted octanol–water partition coefficient (Wildman–Crippen LogP) is 4.10. The molecular weight excluding hydrogens is 475 g/mol. The Morgan fingerprint density at radius 3 is 2.54 bits per heavy atom. The molecule has 2 aromatic heterocycles. The molecule has 1 aliphatic heterocycles. The summed E-state index contributed by atoms with van der Waals surface area (Å²) in [6.07, 6.45) is 1.95. The van der Waals surface area contributed by atoms with Crippen LogP contribution in [0.4, 0.5) is 27.7 Å². The monoisotopic (exact) mass is 504 g/mol. The minimum Gasteiger partial charge on any atom is -0.378 e. The number of nitrogens with two attached hydrogens (primary N) is 1. The van der Waals surface area contributed by atoms with E-state index in [2.05, 4.69) is 31.2 Å². The minimum absolute atomic E-state index is 0.0904. The average Bonchev–Trinajstić information content (AvgIpc) is 3.23. The molecule has 1 aliphatic rings. The van der Waals surface area contributed by atoms with E-state index in [0.29, 0.717) is 24.9 Å². The number of fused-ring (bicyclic) bond motifs is 1. The van der Waals surface area contributed by atoms with Crippen molar-refractivity contribution in [1.82, 2.24) is 19.4 Å². The highest BCUT2D eigenvalue weighted by molar-refractivity contribution is 5.78. The lowest BCUT2D eigenvalue weighted by atomic mass is 10.1. The highest BCUT2D eigenvalue weighted by atomic mass is 19.1. The number of nitrogens with zero attached hydrogens (tertiary/aromatic N) is 5. The number of para-hydroxylation sites is 2. The molecule has 0 radical (unpaired) electrons. The van der Waals surface area contributed by atoms with Gasteiger partial charge in [-0.2, -0.15) is 0 Å². The summed E-state index contributed by atoms with van der Waals surface area (Å²) in [6.45, 7) is 3.97. The fourth-order valence-electron chi connectivity index (χ4n) is 4.66. The number of halogens is 1. The summed E-state index contributed by atoms with van der Waals surface area (Å²) in [5, 5.41) is 17.7. The van der Waals surface area contributed by atoms with Crippen LogP contribution in [0.1, 0.15) is 18.4 Å². The van der Waals surface area contributed by atoms with Crippen LogP contribution in [0, 0.1) is 15.9 Å². The van der Waals surface area contributed by atoms with Crippen LogP contribution in [0.25, 0.3) is 11.0 Å². The Bertz CT molecular complexity index is 1380. The van der Waals surface area contributed by atoms with Crippen molar-refractivity contribution in [1.29, 1.82) is 0 Å². The number of benzene rings is 2. The van der Waals surface area contributed by atoms with Crippen molar-refractivity contribution in [3.8, 4) is 0 Å². The van der Waals surface area contributed by atoms with Gasteiger partial charge in [-0.05, 0) is 48.7 Å². The SMILES string of the molecule is Nc1nc(NCCN2CCC(Nc3nc4ccccc4n3Cc3ccc(F)cc3)CC2)ccc1[N+](=O)[O-]. The van der Waals surface area contributed by atoms with Crippen LogP contribution in [-0.4, -0.2) is 56.6 Å². The van der Waals surface area contributed by atoms with Crippen molar-refractivity contribution in [3.05, 3.63) is 82.2 Å². The lowest BCUT2D eigenvalue weighted by molar-refractivity contribution is -0.384. The first-order chi connectivity index (χ1) is 18.0. The Morgan fingerprint density at radius 2 is 1.81 bits per heavy atom. The van der Waals surface area contributed by atoms with Gasteiger partial charge in [-0.25, -0.2) is 14.4 Å². The standard InChI is InChI=1S/C26H29FN8O2/c27-19-7-5-18(6-8-19)17-34-22-4-2-1-3-21(22)31-26(34)30-20-11-14-33(15-12-20)16-13-29-24-10-9-23(35(36)37)25(28)32-24/h1-10,20H,11-17H2,(H,30,31)(H3,28,29,32). The van der Waals surface area contributed by atoms with Crippen molar-refractivity contribution in [2.24, 2.45) is 0 Å². The number of nitro groups is 1. The maximum atomic E-state index is 13.4. The van der Waals surface area contributed by atoms with Crippen LogP contribution < -0.4 is 16.4 Å². The number of pyridine rings is 1. The van der Waals surface area contributed by atoms with E-state index < -0.39 is 4.92 Å². The summed E-state index contributed by atoms with van der Waals surface area (Å²) in [6, 6.07) is 17.9. The lowest BCUT2D eigenvalue weighted by Gasteiger charge is -2.32. The first-order valence-corrected chi connectivity index (χ1v) is 12.3. The Hall–Kier alpha value is -4.25. The molecule has 0 saturated carbocycles. The number of anilines is 3. The smallest absolute Gasteiger partial charge is 0.311 e. The van der Waals surface area contributed by atoms with Crippen LogP contribution in [0.15, 0.2) is 60.7 Å². The van der Waals surface area contributed by atoms with Gasteiger partial charge in [-0.15, -0.1) is 0 Å². The fraction of sp³-hybridized carbons (Fsp3) is 0.308. The number of nitrogen functional groups attached to an aromatic ring is 1. The molecule has 192 valence electrons. The summed E-state index contributed by atoms with van der Waals surface area (Å²) in [5.74, 6) is 1.02. The van der Waals surface area contributed by atoms with Gasteiger partial charge in [-0.1, -0.05) is 24.3 Å². The molecule has 4 N–H and O–H groups in total. The lowest BCUT2D eigenvalue weighted by Crippen LogP contribution is -2.41. The fourth-order valence-corrected chi connectivity index (χ4v) is 4.66. The van der Waals surface area contributed by atoms with Gasteiger partial charge in [0.05, 0.1) is 22.5 Å². The Labute approximate surface area is 213 Å². The molecule has 0 aliphatic carbocycles. The summed E-state index contributed by atoms with van der Waals surface area (Å²) in [7, 11) is 0. The number of likely N-dealkylation sites (tertiary alicyclic amines) is 1. The first kappa shape index (κ1) is 24.4. The molecule has 0 unspecified atom stereocenters. The highest BCUT2D eigenvalue weighted by Crippen LogP contribution is 2.24. The molecule has 1 fully saturated rings. The van der Waals surface area contributed by atoms with E-state index in [1.54, 1.807) is 18.2 Å². The highest BCUT2D eigenvalue weighted by Gasteiger charge is 2.21. The first-order valence-electron chi connectivity index (χ1n) is 12.3. The number of hydrogen-bond donors (Lipinski definition) is 3. The number of aromatic nitrogens is 3. The van der Waals surface area contributed by atoms with Crippen LogP contribution in [0.2, 0.25) is 0 Å². The molecule has 3 heterocycles. The van der Waals surface area contributed by atoms with Gasteiger partial charge in [0, 0.05) is 38.3 Å². The van der Waals surface area contributed by atoms with Crippen LogP contribution in [0.3, 0.4) is 0 Å². The molecule has 5 rings (SSSR count). The topological polar surface area (TPSA) is 127 Å². The van der Waals surface area contributed by atoms with E-state index >= 15 is 0 Å². The molecule has 11 heteroatoms. The average molecular weight is 505 g/mol. The van der Waals surface area contributed by atoms with Gasteiger partial charge in [-0.3, -0.25) is 10.1 Å². The van der Waals surface area contributed by atoms with Crippen molar-refractivity contribution < 1.29 is 9.31 Å². The second kappa shape index (κ2) is 10.8. The van der Waals surface area contributed by atoms with Crippen molar-refractivity contribution in [3.63, 3.8) is 0 Å². The second-order valence-corrected chi connectivity index (χ2v) is 9.18. The minimum atomic E-state index is -0.540. The second-order valence-electron chi connectivity index (χ2n) is 9.18. The van der Waals surface area contributed by atoms with E-state index in [1.807, 2.05) is 18.2 Å². The van der Waals surface area contributed by atoms with Crippen molar-refractivity contribution >= 4 is 34.3 Å². The maximum absolute atomic E-state index is 13.4. The molecule has 37 heavy (non-hydrogen) atoms. The number of piperidine rings is 1. The van der Waals surface area contributed by atoms with Gasteiger partial charge >= 0.3 is 5.69 Å². The van der Waals surface area contributed by atoms with E-state index in [9.17, 15) is 14.5 Å². The molecule has 1 saturated heterocycles. The Balaban J connectivity index is 1.16. The maximum Gasteiger partial charge on any atom is 0.311 e. The zero-order valence-corrected chi connectivity index (χ0v) is 20.3. The Kier molecular flexibility index (Phi) is 7.13. The van der Waals surface area contributed by atoms with E-state index in [0.717, 1.165) is 55.0 Å². The van der Waals surface area contributed by atoms with Gasteiger partial charge in [0.1, 0.15) is 11.6 Å². The van der Waals surface area contributed by atoms with E-state index in [1.165, 1.54) is 18.2 Å².